The molecule has 0 aromatic heterocycles. The fraction of sp³-hybridized carbons (Fsp3) is 0.538. The Hall–Kier alpha value is -1.00. The third-order valence-electron chi connectivity index (χ3n) is 2.54. The first-order chi connectivity index (χ1) is 8.13. The van der Waals surface area contributed by atoms with Crippen LogP contribution in [0, 0.1) is 17.6 Å². The second-order valence-electron chi connectivity index (χ2n) is 4.25. The lowest BCUT2D eigenvalue weighted by atomic mass is 10.0. The summed E-state index contributed by atoms with van der Waals surface area (Å²) in [7, 11) is 1.66. The minimum atomic E-state index is -0.792. The number of halogens is 2. The predicted molar refractivity (Wildman–Crippen MR) is 64.0 cm³/mol. The first-order valence-corrected chi connectivity index (χ1v) is 5.77. The summed E-state index contributed by atoms with van der Waals surface area (Å²) in [5.41, 5.74) is 0.824. The van der Waals surface area contributed by atoms with Crippen LogP contribution in [0.1, 0.15) is 12.5 Å². The molecule has 0 saturated heterocycles. The summed E-state index contributed by atoms with van der Waals surface area (Å²) in [6, 6.07) is 4.07. The zero-order valence-corrected chi connectivity index (χ0v) is 10.3. The molecule has 1 N–H and O–H groups in total. The lowest BCUT2D eigenvalue weighted by Gasteiger charge is -2.12. The van der Waals surface area contributed by atoms with Crippen LogP contribution in [0.2, 0.25) is 0 Å². The number of benzene rings is 1. The van der Waals surface area contributed by atoms with Gasteiger partial charge in [-0.05, 0) is 36.6 Å². The van der Waals surface area contributed by atoms with Gasteiger partial charge in [0.15, 0.2) is 11.6 Å². The molecule has 4 heteroatoms. The SMILES string of the molecule is COCCNCC(C)Cc1ccc(F)c(F)c1. The molecular weight excluding hydrogens is 224 g/mol. The topological polar surface area (TPSA) is 21.3 Å². The normalized spacial score (nSPS) is 12.7. The Labute approximate surface area is 101 Å². The van der Waals surface area contributed by atoms with Crippen LogP contribution in [0.5, 0.6) is 0 Å². The standard InChI is InChI=1S/C13H19F2NO/c1-10(9-16-5-6-17-2)7-11-3-4-12(14)13(15)8-11/h3-4,8,10,16H,5-7,9H2,1-2H3. The Morgan fingerprint density at radius 1 is 1.29 bits per heavy atom. The molecule has 0 saturated carbocycles. The zero-order valence-electron chi connectivity index (χ0n) is 10.3. The van der Waals surface area contributed by atoms with E-state index >= 15 is 0 Å². The first-order valence-electron chi connectivity index (χ1n) is 5.77. The van der Waals surface area contributed by atoms with E-state index in [1.807, 2.05) is 0 Å². The maximum absolute atomic E-state index is 13.0. The summed E-state index contributed by atoms with van der Waals surface area (Å²) in [6.07, 6.45) is 0.733. The highest BCUT2D eigenvalue weighted by atomic mass is 19.2. The van der Waals surface area contributed by atoms with E-state index in [9.17, 15) is 8.78 Å². The number of nitrogens with one attached hydrogen (secondary N) is 1. The van der Waals surface area contributed by atoms with Crippen LogP contribution in [0.3, 0.4) is 0 Å². The summed E-state index contributed by atoms with van der Waals surface area (Å²) in [4.78, 5) is 0. The fourth-order valence-electron chi connectivity index (χ4n) is 1.66. The summed E-state index contributed by atoms with van der Waals surface area (Å²) >= 11 is 0. The van der Waals surface area contributed by atoms with Crippen molar-refractivity contribution in [2.24, 2.45) is 5.92 Å². The highest BCUT2D eigenvalue weighted by molar-refractivity contribution is 5.18. The maximum atomic E-state index is 13.0. The number of hydrogen-bond acceptors (Lipinski definition) is 2. The van der Waals surface area contributed by atoms with Crippen molar-refractivity contribution >= 4 is 0 Å². The number of rotatable bonds is 7. The van der Waals surface area contributed by atoms with Gasteiger partial charge < -0.3 is 10.1 Å². The van der Waals surface area contributed by atoms with Gasteiger partial charge in [0.05, 0.1) is 6.61 Å². The average molecular weight is 243 g/mol. The van der Waals surface area contributed by atoms with Gasteiger partial charge in [0.25, 0.3) is 0 Å². The first kappa shape index (κ1) is 14.1. The van der Waals surface area contributed by atoms with E-state index in [-0.39, 0.29) is 0 Å². The van der Waals surface area contributed by atoms with Crippen LogP contribution in [0.4, 0.5) is 8.78 Å². The number of ether oxygens (including phenoxy) is 1. The van der Waals surface area contributed by atoms with E-state index in [0.29, 0.717) is 12.5 Å². The largest absolute Gasteiger partial charge is 0.383 e. The van der Waals surface area contributed by atoms with Crippen molar-refractivity contribution < 1.29 is 13.5 Å². The fourth-order valence-corrected chi connectivity index (χ4v) is 1.66. The molecule has 1 unspecified atom stereocenters. The van der Waals surface area contributed by atoms with Gasteiger partial charge in [0.1, 0.15) is 0 Å². The van der Waals surface area contributed by atoms with Crippen LogP contribution in [-0.4, -0.2) is 26.8 Å². The molecule has 1 aromatic carbocycles. The van der Waals surface area contributed by atoms with Crippen LogP contribution in [0.15, 0.2) is 18.2 Å². The summed E-state index contributed by atoms with van der Waals surface area (Å²) in [6.45, 7) is 4.39. The molecule has 1 rings (SSSR count). The van der Waals surface area contributed by atoms with Crippen molar-refractivity contribution in [1.82, 2.24) is 5.32 Å². The Morgan fingerprint density at radius 2 is 2.06 bits per heavy atom. The van der Waals surface area contributed by atoms with Crippen molar-refractivity contribution in [3.63, 3.8) is 0 Å². The van der Waals surface area contributed by atoms with Gasteiger partial charge in [-0.15, -0.1) is 0 Å². The molecular formula is C13H19F2NO. The second kappa shape index (κ2) is 7.35. The van der Waals surface area contributed by atoms with E-state index in [1.165, 1.54) is 12.1 Å². The van der Waals surface area contributed by atoms with Crippen LogP contribution in [0.25, 0.3) is 0 Å². The minimum Gasteiger partial charge on any atom is -0.383 e. The van der Waals surface area contributed by atoms with Crippen molar-refractivity contribution in [2.45, 2.75) is 13.3 Å². The summed E-state index contributed by atoms with van der Waals surface area (Å²) in [5, 5.41) is 3.24. The van der Waals surface area contributed by atoms with Crippen LogP contribution in [-0.2, 0) is 11.2 Å². The van der Waals surface area contributed by atoms with Crippen molar-refractivity contribution in [3.05, 3.63) is 35.4 Å². The summed E-state index contributed by atoms with van der Waals surface area (Å²) in [5.74, 6) is -1.20. The molecule has 0 radical (unpaired) electrons. The highest BCUT2D eigenvalue weighted by Crippen LogP contribution is 2.12. The lowest BCUT2D eigenvalue weighted by Crippen LogP contribution is -2.25. The van der Waals surface area contributed by atoms with E-state index in [1.54, 1.807) is 13.2 Å². The van der Waals surface area contributed by atoms with Crippen LogP contribution >= 0.6 is 0 Å². The quantitative estimate of drug-likeness (QED) is 0.742. The van der Waals surface area contributed by atoms with Crippen molar-refractivity contribution in [2.75, 3.05) is 26.8 Å². The molecule has 0 aliphatic heterocycles. The Kier molecular flexibility index (Phi) is 6.08. The maximum Gasteiger partial charge on any atom is 0.159 e. The van der Waals surface area contributed by atoms with E-state index in [2.05, 4.69) is 12.2 Å². The monoisotopic (exact) mass is 243 g/mol. The Bertz CT molecular complexity index is 344. The van der Waals surface area contributed by atoms with Gasteiger partial charge >= 0.3 is 0 Å². The Morgan fingerprint density at radius 3 is 2.71 bits per heavy atom. The molecule has 0 aliphatic rings. The van der Waals surface area contributed by atoms with Gasteiger partial charge in [-0.1, -0.05) is 13.0 Å². The Balaban J connectivity index is 2.34. The van der Waals surface area contributed by atoms with Crippen molar-refractivity contribution in [3.8, 4) is 0 Å². The second-order valence-corrected chi connectivity index (χ2v) is 4.25. The molecule has 0 bridgehead atoms. The molecule has 0 aliphatic carbocycles. The molecule has 0 fully saturated rings. The van der Waals surface area contributed by atoms with Gasteiger partial charge in [0, 0.05) is 13.7 Å². The highest BCUT2D eigenvalue weighted by Gasteiger charge is 2.06. The van der Waals surface area contributed by atoms with E-state index in [4.69, 9.17) is 4.74 Å². The molecule has 1 aromatic rings. The third kappa shape index (κ3) is 5.24. The van der Waals surface area contributed by atoms with Crippen molar-refractivity contribution in [1.29, 1.82) is 0 Å². The molecule has 0 heterocycles. The molecule has 2 nitrogen and oxygen atoms in total. The van der Waals surface area contributed by atoms with E-state index in [0.717, 1.165) is 25.1 Å². The number of hydrogen-bond donors (Lipinski definition) is 1. The molecule has 1 atom stereocenters. The smallest absolute Gasteiger partial charge is 0.159 e. The minimum absolute atomic E-state index is 0.372. The molecule has 0 spiro atoms. The van der Waals surface area contributed by atoms with Gasteiger partial charge in [0.2, 0.25) is 0 Å². The van der Waals surface area contributed by atoms with E-state index < -0.39 is 11.6 Å². The predicted octanol–water partition coefficient (Wildman–Crippen LogP) is 2.38. The number of methoxy groups -OCH3 is 1. The molecule has 17 heavy (non-hydrogen) atoms. The van der Waals surface area contributed by atoms with Gasteiger partial charge in [-0.25, -0.2) is 8.78 Å². The zero-order chi connectivity index (χ0) is 12.7. The molecule has 96 valence electrons. The van der Waals surface area contributed by atoms with Gasteiger partial charge in [-0.2, -0.15) is 0 Å². The molecule has 0 amide bonds. The van der Waals surface area contributed by atoms with Gasteiger partial charge in [-0.3, -0.25) is 0 Å². The third-order valence-corrected chi connectivity index (χ3v) is 2.54. The van der Waals surface area contributed by atoms with Crippen LogP contribution < -0.4 is 5.32 Å². The lowest BCUT2D eigenvalue weighted by molar-refractivity contribution is 0.198. The average Bonchev–Trinajstić information content (AvgIpc) is 2.30. The summed E-state index contributed by atoms with van der Waals surface area (Å²) < 4.78 is 30.6.